The Kier molecular flexibility index (Phi) is 6.81. The number of nitrogens with zero attached hydrogens (tertiary/aromatic N) is 1. The number of aromatic amines is 1. The second-order valence-electron chi connectivity index (χ2n) is 7.67. The first-order chi connectivity index (χ1) is 14.0. The summed E-state index contributed by atoms with van der Waals surface area (Å²) in [5.74, 6) is -0.219. The molecule has 0 radical (unpaired) electrons. The molecule has 0 fully saturated rings. The van der Waals surface area contributed by atoms with E-state index in [4.69, 9.17) is 0 Å². The summed E-state index contributed by atoms with van der Waals surface area (Å²) in [6, 6.07) is 16.4. The number of aromatic nitrogens is 2. The summed E-state index contributed by atoms with van der Waals surface area (Å²) in [5.41, 5.74) is 2.96. The van der Waals surface area contributed by atoms with Crippen molar-refractivity contribution >= 4 is 0 Å². The lowest BCUT2D eigenvalue weighted by molar-refractivity contribution is 0.551. The topological polar surface area (TPSA) is 54.9 Å². The van der Waals surface area contributed by atoms with Crippen molar-refractivity contribution in [2.24, 2.45) is 0 Å². The van der Waals surface area contributed by atoms with Crippen molar-refractivity contribution in [2.75, 3.05) is 0 Å². The molecule has 0 atom stereocenters. The number of hydrogen-bond donors (Lipinski definition) is 1. The fourth-order valence-corrected chi connectivity index (χ4v) is 3.69. The molecule has 0 bridgehead atoms. The van der Waals surface area contributed by atoms with Crippen LogP contribution in [0, 0.1) is 5.82 Å². The third-order valence-corrected chi connectivity index (χ3v) is 5.15. The highest BCUT2D eigenvalue weighted by atomic mass is 19.1. The summed E-state index contributed by atoms with van der Waals surface area (Å²) in [6.07, 6.45) is 3.04. The van der Waals surface area contributed by atoms with E-state index in [9.17, 15) is 14.0 Å². The maximum absolute atomic E-state index is 13.0. The zero-order valence-corrected chi connectivity index (χ0v) is 17.0. The van der Waals surface area contributed by atoms with Crippen LogP contribution in [0.1, 0.15) is 55.0 Å². The Hall–Kier alpha value is -2.95. The number of unbranched alkanes of at least 4 members (excludes halogenated alkanes) is 1. The molecular formula is C24H27FN2O2. The molecule has 0 amide bonds. The average molecular weight is 394 g/mol. The van der Waals surface area contributed by atoms with E-state index in [1.54, 1.807) is 16.7 Å². The lowest BCUT2D eigenvalue weighted by Crippen LogP contribution is -2.36. The normalized spacial score (nSPS) is 11.2. The van der Waals surface area contributed by atoms with Crippen LogP contribution in [0.25, 0.3) is 0 Å². The van der Waals surface area contributed by atoms with Crippen molar-refractivity contribution in [1.29, 1.82) is 0 Å². The minimum Gasteiger partial charge on any atom is -0.297 e. The fourth-order valence-electron chi connectivity index (χ4n) is 3.69. The first kappa shape index (κ1) is 20.8. The van der Waals surface area contributed by atoms with Gasteiger partial charge in [-0.15, -0.1) is 0 Å². The molecule has 29 heavy (non-hydrogen) atoms. The highest BCUT2D eigenvalue weighted by Gasteiger charge is 2.17. The van der Waals surface area contributed by atoms with Gasteiger partial charge >= 0.3 is 5.69 Å². The maximum atomic E-state index is 13.0. The second-order valence-corrected chi connectivity index (χ2v) is 7.67. The number of nitrogens with one attached hydrogen (secondary N) is 1. The van der Waals surface area contributed by atoms with Gasteiger partial charge in [-0.2, -0.15) is 0 Å². The van der Waals surface area contributed by atoms with Crippen LogP contribution in [-0.4, -0.2) is 9.55 Å². The molecular weight excluding hydrogens is 367 g/mol. The molecule has 0 saturated heterocycles. The molecule has 0 unspecified atom stereocenters. The summed E-state index contributed by atoms with van der Waals surface area (Å²) in [4.78, 5) is 27.6. The number of H-pyrrole nitrogens is 1. The lowest BCUT2D eigenvalue weighted by Gasteiger charge is -2.18. The van der Waals surface area contributed by atoms with Crippen molar-refractivity contribution in [3.8, 4) is 0 Å². The Bertz CT molecular complexity index is 1050. The molecule has 1 N–H and O–H groups in total. The molecule has 1 aromatic heterocycles. The van der Waals surface area contributed by atoms with E-state index in [1.807, 2.05) is 44.2 Å². The van der Waals surface area contributed by atoms with Gasteiger partial charge in [0.15, 0.2) is 0 Å². The van der Waals surface area contributed by atoms with Crippen LogP contribution >= 0.6 is 0 Å². The Morgan fingerprint density at radius 3 is 2.28 bits per heavy atom. The molecule has 0 aliphatic rings. The highest BCUT2D eigenvalue weighted by Crippen LogP contribution is 2.18. The van der Waals surface area contributed by atoms with Gasteiger partial charge in [-0.25, -0.2) is 9.18 Å². The van der Waals surface area contributed by atoms with Crippen LogP contribution < -0.4 is 11.2 Å². The summed E-state index contributed by atoms with van der Waals surface area (Å²) in [7, 11) is 0. The van der Waals surface area contributed by atoms with Crippen LogP contribution in [0.5, 0.6) is 0 Å². The van der Waals surface area contributed by atoms with Crippen molar-refractivity contribution in [3.63, 3.8) is 0 Å². The van der Waals surface area contributed by atoms with Crippen LogP contribution in [0.2, 0.25) is 0 Å². The summed E-state index contributed by atoms with van der Waals surface area (Å²) in [6.45, 7) is 4.49. The molecule has 5 heteroatoms. The number of aryl methyl sites for hydroxylation is 1. The van der Waals surface area contributed by atoms with Crippen molar-refractivity contribution in [3.05, 3.63) is 104 Å². The summed E-state index contributed by atoms with van der Waals surface area (Å²) in [5, 5.41) is 0. The molecule has 4 nitrogen and oxygen atoms in total. The first-order valence-electron chi connectivity index (χ1n) is 10.1. The zero-order valence-electron chi connectivity index (χ0n) is 17.0. The Morgan fingerprint density at radius 2 is 1.62 bits per heavy atom. The Balaban J connectivity index is 1.82. The Morgan fingerprint density at radius 1 is 0.931 bits per heavy atom. The number of hydrogen-bond acceptors (Lipinski definition) is 2. The van der Waals surface area contributed by atoms with Gasteiger partial charge in [0.2, 0.25) is 0 Å². The highest BCUT2D eigenvalue weighted by molar-refractivity contribution is 5.29. The minimum absolute atomic E-state index is 0.0172. The van der Waals surface area contributed by atoms with Crippen molar-refractivity contribution in [1.82, 2.24) is 9.55 Å². The minimum atomic E-state index is -0.355. The second kappa shape index (κ2) is 9.50. The summed E-state index contributed by atoms with van der Waals surface area (Å²) < 4.78 is 14.7. The van der Waals surface area contributed by atoms with Crippen LogP contribution in [-0.2, 0) is 19.4 Å². The van der Waals surface area contributed by atoms with Gasteiger partial charge < -0.3 is 0 Å². The third-order valence-electron chi connectivity index (χ3n) is 5.15. The molecule has 0 aliphatic carbocycles. The quantitative estimate of drug-likeness (QED) is 0.575. The smallest absolute Gasteiger partial charge is 0.297 e. The van der Waals surface area contributed by atoms with E-state index in [0.29, 0.717) is 18.5 Å². The van der Waals surface area contributed by atoms with Gasteiger partial charge in [0, 0.05) is 24.2 Å². The molecule has 152 valence electrons. The van der Waals surface area contributed by atoms with Crippen LogP contribution in [0.3, 0.4) is 0 Å². The SMILES string of the molecule is CC(C)c1c(Cc2ccccc2)n(CCCCc2ccc(F)cc2)c(=O)[nH]c1=O. The van der Waals surface area contributed by atoms with E-state index >= 15 is 0 Å². The standard InChI is InChI=1S/C24H27FN2O2/c1-17(2)22-21(16-19-9-4-3-5-10-19)27(24(29)26-23(22)28)15-7-6-8-18-11-13-20(25)14-12-18/h3-5,9-14,17H,6-8,15-16H2,1-2H3,(H,26,28,29). The first-order valence-corrected chi connectivity index (χ1v) is 10.1. The van der Waals surface area contributed by atoms with Crippen molar-refractivity contribution < 1.29 is 4.39 Å². The van der Waals surface area contributed by atoms with Gasteiger partial charge in [-0.1, -0.05) is 56.3 Å². The molecule has 0 spiro atoms. The molecule has 2 aromatic carbocycles. The van der Waals surface area contributed by atoms with E-state index in [2.05, 4.69) is 4.98 Å². The van der Waals surface area contributed by atoms with E-state index in [-0.39, 0.29) is 23.0 Å². The molecule has 1 heterocycles. The molecule has 3 aromatic rings. The summed E-state index contributed by atoms with van der Waals surface area (Å²) >= 11 is 0. The number of halogens is 1. The molecule has 3 rings (SSSR count). The predicted octanol–water partition coefficient (Wildman–Crippen LogP) is 4.41. The van der Waals surface area contributed by atoms with Gasteiger partial charge in [0.25, 0.3) is 5.56 Å². The lowest BCUT2D eigenvalue weighted by atomic mass is 9.98. The zero-order chi connectivity index (χ0) is 20.8. The predicted molar refractivity (Wildman–Crippen MR) is 114 cm³/mol. The fraction of sp³-hybridized carbons (Fsp3) is 0.333. The van der Waals surface area contributed by atoms with E-state index in [1.165, 1.54) is 12.1 Å². The van der Waals surface area contributed by atoms with Gasteiger partial charge in [0.1, 0.15) is 5.82 Å². The number of rotatable bonds is 8. The van der Waals surface area contributed by atoms with Gasteiger partial charge in [-0.3, -0.25) is 14.3 Å². The number of benzene rings is 2. The average Bonchev–Trinajstić information content (AvgIpc) is 2.68. The maximum Gasteiger partial charge on any atom is 0.328 e. The van der Waals surface area contributed by atoms with E-state index in [0.717, 1.165) is 36.1 Å². The third kappa shape index (κ3) is 5.31. The Labute approximate surface area is 170 Å². The molecule has 0 aliphatic heterocycles. The molecule has 0 saturated carbocycles. The van der Waals surface area contributed by atoms with Gasteiger partial charge in [0.05, 0.1) is 0 Å². The monoisotopic (exact) mass is 394 g/mol. The largest absolute Gasteiger partial charge is 0.328 e. The van der Waals surface area contributed by atoms with Crippen LogP contribution in [0.4, 0.5) is 4.39 Å². The van der Waals surface area contributed by atoms with Crippen molar-refractivity contribution in [2.45, 2.75) is 52.0 Å². The van der Waals surface area contributed by atoms with Crippen LogP contribution in [0.15, 0.2) is 64.2 Å². The van der Waals surface area contributed by atoms with E-state index < -0.39 is 0 Å². The van der Waals surface area contributed by atoms with Gasteiger partial charge in [-0.05, 0) is 48.4 Å².